The number of benzene rings is 2. The van der Waals surface area contributed by atoms with E-state index in [0.717, 1.165) is 0 Å². The van der Waals surface area contributed by atoms with Gasteiger partial charge in [0, 0.05) is 19.2 Å². The average Bonchev–Trinajstić information content (AvgIpc) is 3.23. The number of aromatic nitrogens is 2. The van der Waals surface area contributed by atoms with Crippen LogP contribution in [0.5, 0.6) is 5.75 Å². The van der Waals surface area contributed by atoms with Crippen LogP contribution in [0.2, 0.25) is 0 Å². The van der Waals surface area contributed by atoms with Crippen LogP contribution in [0.15, 0.2) is 59.1 Å². The zero-order valence-corrected chi connectivity index (χ0v) is 17.7. The van der Waals surface area contributed by atoms with Crippen molar-refractivity contribution in [2.75, 3.05) is 11.4 Å². The van der Waals surface area contributed by atoms with Gasteiger partial charge in [0.05, 0.1) is 18.1 Å². The first-order valence-corrected chi connectivity index (χ1v) is 9.94. The van der Waals surface area contributed by atoms with Gasteiger partial charge in [-0.25, -0.2) is 4.79 Å². The molecule has 1 atom stereocenters. The van der Waals surface area contributed by atoms with E-state index in [2.05, 4.69) is 10.1 Å². The Morgan fingerprint density at radius 2 is 1.88 bits per heavy atom. The molecule has 2 aromatic carbocycles. The molecule has 9 nitrogen and oxygen atoms in total. The number of para-hydroxylation sites is 1. The van der Waals surface area contributed by atoms with E-state index in [4.69, 9.17) is 19.3 Å². The quantitative estimate of drug-likeness (QED) is 0.470. The second-order valence-corrected chi connectivity index (χ2v) is 6.82. The third-order valence-electron chi connectivity index (χ3n) is 4.44. The summed E-state index contributed by atoms with van der Waals surface area (Å²) in [6, 6.07) is 17.3. The highest BCUT2D eigenvalue weighted by molar-refractivity contribution is 5.99. The Morgan fingerprint density at radius 3 is 2.50 bits per heavy atom. The van der Waals surface area contributed by atoms with Crippen molar-refractivity contribution >= 4 is 17.6 Å². The molecule has 0 bridgehead atoms. The van der Waals surface area contributed by atoms with Gasteiger partial charge in [0.1, 0.15) is 5.75 Å². The van der Waals surface area contributed by atoms with E-state index >= 15 is 0 Å². The summed E-state index contributed by atoms with van der Waals surface area (Å²) in [7, 11) is 0. The molecule has 0 aliphatic heterocycles. The number of esters is 1. The maximum Gasteiger partial charge on any atom is 0.338 e. The van der Waals surface area contributed by atoms with Gasteiger partial charge < -0.3 is 18.9 Å². The molecule has 0 N–H and O–H groups in total. The lowest BCUT2D eigenvalue weighted by molar-refractivity contribution is -0.126. The zero-order valence-electron chi connectivity index (χ0n) is 17.7. The molecule has 0 aliphatic carbocycles. The topological polar surface area (TPSA) is 119 Å². The predicted octanol–water partition coefficient (Wildman–Crippen LogP) is 3.45. The van der Waals surface area contributed by atoms with E-state index in [1.165, 1.54) is 11.8 Å². The van der Waals surface area contributed by atoms with Crippen molar-refractivity contribution in [1.29, 1.82) is 5.26 Å². The van der Waals surface area contributed by atoms with Crippen LogP contribution >= 0.6 is 0 Å². The van der Waals surface area contributed by atoms with Crippen LogP contribution in [0.4, 0.5) is 5.69 Å². The van der Waals surface area contributed by atoms with Crippen molar-refractivity contribution in [2.45, 2.75) is 33.0 Å². The summed E-state index contributed by atoms with van der Waals surface area (Å²) in [6.07, 6.45) is -0.870. The molecule has 164 valence electrons. The molecule has 0 spiro atoms. The van der Waals surface area contributed by atoms with E-state index in [1.807, 2.05) is 12.1 Å². The van der Waals surface area contributed by atoms with Crippen LogP contribution in [-0.4, -0.2) is 34.7 Å². The molecule has 1 heterocycles. The molecule has 0 aliphatic rings. The van der Waals surface area contributed by atoms with Gasteiger partial charge in [-0.3, -0.25) is 4.79 Å². The van der Waals surface area contributed by atoms with Crippen molar-refractivity contribution in [1.82, 2.24) is 10.1 Å². The molecule has 3 rings (SSSR count). The molecular formula is C23H22N4O5. The smallest absolute Gasteiger partial charge is 0.338 e. The fraction of sp³-hybridized carbons (Fsp3) is 0.261. The third-order valence-corrected chi connectivity index (χ3v) is 4.44. The molecule has 1 aromatic heterocycles. The number of nitriles is 1. The Labute approximate surface area is 185 Å². The fourth-order valence-corrected chi connectivity index (χ4v) is 2.87. The van der Waals surface area contributed by atoms with Crippen LogP contribution in [0.1, 0.15) is 35.4 Å². The second kappa shape index (κ2) is 10.7. The normalized spacial score (nSPS) is 11.3. The van der Waals surface area contributed by atoms with Crippen molar-refractivity contribution in [2.24, 2.45) is 0 Å². The number of carbonyl (C=O) groups excluding carboxylic acids is 2. The highest BCUT2D eigenvalue weighted by Gasteiger charge is 2.25. The molecule has 0 saturated carbocycles. The van der Waals surface area contributed by atoms with Crippen LogP contribution in [0.3, 0.4) is 0 Å². The standard InChI is InChI=1S/C23H22N4O5/c1-16(22(28)27(14-6-13-24)19-7-4-3-5-8-19)31-23(29)18-9-11-20(12-10-18)30-15-21-25-17(2)32-26-21/h3-5,7-12,16H,6,14-15H2,1-2H3. The number of rotatable bonds is 9. The van der Waals surface area contributed by atoms with E-state index in [9.17, 15) is 9.59 Å². The van der Waals surface area contributed by atoms with Crippen LogP contribution < -0.4 is 9.64 Å². The lowest BCUT2D eigenvalue weighted by atomic mass is 10.2. The highest BCUT2D eigenvalue weighted by Crippen LogP contribution is 2.18. The van der Waals surface area contributed by atoms with Crippen molar-refractivity contribution in [3.8, 4) is 11.8 Å². The lowest BCUT2D eigenvalue weighted by Crippen LogP contribution is -2.40. The number of ether oxygens (including phenoxy) is 2. The molecule has 32 heavy (non-hydrogen) atoms. The lowest BCUT2D eigenvalue weighted by Gasteiger charge is -2.25. The van der Waals surface area contributed by atoms with Crippen molar-refractivity contribution < 1.29 is 23.6 Å². The van der Waals surface area contributed by atoms with Crippen LogP contribution in [0, 0.1) is 18.3 Å². The third kappa shape index (κ3) is 5.92. The predicted molar refractivity (Wildman–Crippen MR) is 114 cm³/mol. The van der Waals surface area contributed by atoms with Crippen LogP contribution in [0.25, 0.3) is 0 Å². The maximum absolute atomic E-state index is 12.9. The zero-order chi connectivity index (χ0) is 22.9. The average molecular weight is 434 g/mol. The minimum Gasteiger partial charge on any atom is -0.485 e. The van der Waals surface area contributed by atoms with Gasteiger partial charge >= 0.3 is 5.97 Å². The monoisotopic (exact) mass is 434 g/mol. The molecule has 3 aromatic rings. The Hall–Kier alpha value is -4.19. The van der Waals surface area contributed by atoms with Gasteiger partial charge in [-0.1, -0.05) is 23.4 Å². The molecule has 1 amide bonds. The molecule has 9 heteroatoms. The molecule has 0 radical (unpaired) electrons. The second-order valence-electron chi connectivity index (χ2n) is 6.82. The highest BCUT2D eigenvalue weighted by atomic mass is 16.5. The Kier molecular flexibility index (Phi) is 7.54. The summed E-state index contributed by atoms with van der Waals surface area (Å²) in [4.78, 5) is 30.9. The number of amides is 1. The number of carbonyl (C=O) groups is 2. The van der Waals surface area contributed by atoms with Crippen LogP contribution in [-0.2, 0) is 16.1 Å². The molecular weight excluding hydrogens is 412 g/mol. The summed E-state index contributed by atoms with van der Waals surface area (Å²) in [5.41, 5.74) is 0.907. The van der Waals surface area contributed by atoms with Crippen molar-refractivity contribution in [3.63, 3.8) is 0 Å². The van der Waals surface area contributed by atoms with E-state index in [0.29, 0.717) is 23.2 Å². The van der Waals surface area contributed by atoms with Gasteiger partial charge in [-0.15, -0.1) is 0 Å². The summed E-state index contributed by atoms with van der Waals surface area (Å²) >= 11 is 0. The number of aryl methyl sites for hydroxylation is 1. The largest absolute Gasteiger partial charge is 0.485 e. The maximum atomic E-state index is 12.9. The van der Waals surface area contributed by atoms with Gasteiger partial charge in [0.2, 0.25) is 11.7 Å². The number of anilines is 1. The van der Waals surface area contributed by atoms with E-state index < -0.39 is 18.0 Å². The Bertz CT molecular complexity index is 1090. The summed E-state index contributed by atoms with van der Waals surface area (Å²) in [6.45, 7) is 3.52. The minimum absolute atomic E-state index is 0.130. The van der Waals surface area contributed by atoms with E-state index in [1.54, 1.807) is 55.5 Å². The Balaban J connectivity index is 1.59. The SMILES string of the molecule is Cc1nc(COc2ccc(C(=O)OC(C)C(=O)N(CCC#N)c3ccccc3)cc2)no1. The summed E-state index contributed by atoms with van der Waals surface area (Å²) < 4.78 is 15.8. The van der Waals surface area contributed by atoms with Gasteiger partial charge in [-0.05, 0) is 43.3 Å². The first-order valence-electron chi connectivity index (χ1n) is 9.94. The van der Waals surface area contributed by atoms with Crippen molar-refractivity contribution in [3.05, 3.63) is 71.9 Å². The van der Waals surface area contributed by atoms with Gasteiger partial charge in [0.25, 0.3) is 5.91 Å². The Morgan fingerprint density at radius 1 is 1.16 bits per heavy atom. The summed E-state index contributed by atoms with van der Waals surface area (Å²) in [5.74, 6) is 0.330. The number of hydrogen-bond donors (Lipinski definition) is 0. The molecule has 0 saturated heterocycles. The van der Waals surface area contributed by atoms with E-state index in [-0.39, 0.29) is 25.1 Å². The van der Waals surface area contributed by atoms with Gasteiger partial charge in [0.15, 0.2) is 12.7 Å². The molecule has 1 unspecified atom stereocenters. The van der Waals surface area contributed by atoms with Gasteiger partial charge in [-0.2, -0.15) is 10.2 Å². The molecule has 0 fully saturated rings. The number of nitrogens with zero attached hydrogens (tertiary/aromatic N) is 4. The fourth-order valence-electron chi connectivity index (χ4n) is 2.87. The first kappa shape index (κ1) is 22.5. The number of hydrogen-bond acceptors (Lipinski definition) is 8. The summed E-state index contributed by atoms with van der Waals surface area (Å²) in [5, 5.41) is 12.6. The minimum atomic E-state index is -1.03. The first-order chi connectivity index (χ1) is 15.5.